The minimum absolute atomic E-state index is 0.0539. The van der Waals surface area contributed by atoms with Gasteiger partial charge in [0.15, 0.2) is 5.78 Å². The van der Waals surface area contributed by atoms with Gasteiger partial charge in [-0.25, -0.2) is 4.79 Å². The van der Waals surface area contributed by atoms with E-state index in [2.05, 4.69) is 16.0 Å². The maximum atomic E-state index is 12.5. The molecule has 0 spiro atoms. The van der Waals surface area contributed by atoms with Crippen LogP contribution in [0.2, 0.25) is 0 Å². The maximum Gasteiger partial charge on any atom is 0.408 e. The number of alkyl halides is 1. The van der Waals surface area contributed by atoms with Crippen molar-refractivity contribution in [2.75, 3.05) is 5.88 Å². The minimum atomic E-state index is -1.01. The number of Topliss-reactive ketones (excluding diaryl/α,β-unsaturated/α-hetero) is 1. The first kappa shape index (κ1) is 26.0. The third-order valence-corrected chi connectivity index (χ3v) is 5.10. The molecule has 2 aromatic rings. The first-order valence-electron chi connectivity index (χ1n) is 10.5. The molecule has 0 fully saturated rings. The summed E-state index contributed by atoms with van der Waals surface area (Å²) in [4.78, 5) is 48.9. The fraction of sp³-hybridized carbons (Fsp3) is 0.333. The van der Waals surface area contributed by atoms with E-state index in [1.54, 1.807) is 12.1 Å². The van der Waals surface area contributed by atoms with Gasteiger partial charge in [-0.3, -0.25) is 25.0 Å². The largest absolute Gasteiger partial charge is 0.445 e. The molecule has 0 saturated heterocycles. The summed E-state index contributed by atoms with van der Waals surface area (Å²) in [6.45, 7) is 3.02. The van der Waals surface area contributed by atoms with Gasteiger partial charge in [0.1, 0.15) is 12.6 Å². The minimum Gasteiger partial charge on any atom is -0.445 e. The summed E-state index contributed by atoms with van der Waals surface area (Å²) in [6.07, 6.45) is -0.431. The van der Waals surface area contributed by atoms with Crippen molar-refractivity contribution in [2.24, 2.45) is 0 Å². The number of imide groups is 1. The Bertz CT molecular complexity index is 940. The molecule has 9 heteroatoms. The number of carbonyl (C=O) groups is 4. The first-order chi connectivity index (χ1) is 15.8. The van der Waals surface area contributed by atoms with Crippen LogP contribution < -0.4 is 16.0 Å². The highest BCUT2D eigenvalue weighted by Crippen LogP contribution is 2.06. The number of amides is 3. The van der Waals surface area contributed by atoms with Crippen LogP contribution in [0.3, 0.4) is 0 Å². The van der Waals surface area contributed by atoms with Crippen LogP contribution in [0.25, 0.3) is 0 Å². The van der Waals surface area contributed by atoms with Crippen molar-refractivity contribution in [3.8, 4) is 0 Å². The molecule has 0 bridgehead atoms. The average Bonchev–Trinajstić information content (AvgIpc) is 2.82. The predicted molar refractivity (Wildman–Crippen MR) is 125 cm³/mol. The van der Waals surface area contributed by atoms with Gasteiger partial charge in [0.2, 0.25) is 11.8 Å². The monoisotopic (exact) mass is 473 g/mol. The second-order valence-electron chi connectivity index (χ2n) is 7.51. The Balaban J connectivity index is 1.83. The number of halogens is 1. The van der Waals surface area contributed by atoms with Crippen LogP contribution in [0, 0.1) is 0 Å². The van der Waals surface area contributed by atoms with Crippen molar-refractivity contribution in [1.82, 2.24) is 16.0 Å². The number of rotatable bonds is 11. The average molecular weight is 474 g/mol. The van der Waals surface area contributed by atoms with E-state index >= 15 is 0 Å². The summed E-state index contributed by atoms with van der Waals surface area (Å²) in [5.41, 5.74) is 1.71. The SMILES string of the molecule is C[C@H](NC(=O)OCc1ccccc1)C(=O)NC(=O)[C@H](C)N[C@@H](Cc1ccccc1)C(=O)CCl. The van der Waals surface area contributed by atoms with Crippen molar-refractivity contribution < 1.29 is 23.9 Å². The quantitative estimate of drug-likeness (QED) is 0.432. The normalized spacial score (nSPS) is 13.3. The Labute approximate surface area is 198 Å². The van der Waals surface area contributed by atoms with E-state index in [4.69, 9.17) is 16.3 Å². The summed E-state index contributed by atoms with van der Waals surface area (Å²) >= 11 is 5.72. The fourth-order valence-electron chi connectivity index (χ4n) is 2.93. The van der Waals surface area contributed by atoms with E-state index in [0.717, 1.165) is 11.1 Å². The van der Waals surface area contributed by atoms with E-state index in [0.29, 0.717) is 6.42 Å². The molecule has 176 valence electrons. The van der Waals surface area contributed by atoms with Crippen molar-refractivity contribution in [1.29, 1.82) is 0 Å². The van der Waals surface area contributed by atoms with Gasteiger partial charge in [0.25, 0.3) is 0 Å². The fourth-order valence-corrected chi connectivity index (χ4v) is 3.12. The number of hydrogen-bond acceptors (Lipinski definition) is 6. The zero-order chi connectivity index (χ0) is 24.2. The van der Waals surface area contributed by atoms with Gasteiger partial charge in [-0.15, -0.1) is 11.6 Å². The Morgan fingerprint density at radius 3 is 1.97 bits per heavy atom. The number of benzene rings is 2. The summed E-state index contributed by atoms with van der Waals surface area (Å²) in [6, 6.07) is 15.8. The van der Waals surface area contributed by atoms with Crippen LogP contribution in [0.4, 0.5) is 4.79 Å². The van der Waals surface area contributed by atoms with Crippen molar-refractivity contribution in [2.45, 2.75) is 45.0 Å². The molecule has 2 aromatic carbocycles. The Hall–Kier alpha value is -3.23. The Morgan fingerprint density at radius 2 is 1.39 bits per heavy atom. The first-order valence-corrected chi connectivity index (χ1v) is 11.0. The Morgan fingerprint density at radius 1 is 0.848 bits per heavy atom. The second kappa shape index (κ2) is 13.3. The Kier molecular flexibility index (Phi) is 10.5. The summed E-state index contributed by atoms with van der Waals surface area (Å²) in [5, 5.41) is 7.54. The number of ether oxygens (including phenoxy) is 1. The third-order valence-electron chi connectivity index (χ3n) is 4.83. The second-order valence-corrected chi connectivity index (χ2v) is 7.78. The summed E-state index contributed by atoms with van der Waals surface area (Å²) in [7, 11) is 0. The van der Waals surface area contributed by atoms with Crippen LogP contribution >= 0.6 is 11.6 Å². The zero-order valence-corrected chi connectivity index (χ0v) is 19.3. The number of carbonyl (C=O) groups excluding carboxylic acids is 4. The van der Waals surface area contributed by atoms with E-state index in [1.165, 1.54) is 13.8 Å². The topological polar surface area (TPSA) is 114 Å². The van der Waals surface area contributed by atoms with Crippen LogP contribution in [0.5, 0.6) is 0 Å². The molecule has 0 unspecified atom stereocenters. The number of ketones is 1. The van der Waals surface area contributed by atoms with Crippen LogP contribution in [0.15, 0.2) is 60.7 Å². The van der Waals surface area contributed by atoms with Crippen LogP contribution in [-0.4, -0.2) is 47.7 Å². The molecule has 0 aliphatic carbocycles. The van der Waals surface area contributed by atoms with E-state index in [1.807, 2.05) is 48.5 Å². The molecule has 0 aromatic heterocycles. The van der Waals surface area contributed by atoms with E-state index in [9.17, 15) is 19.2 Å². The van der Waals surface area contributed by atoms with Gasteiger partial charge < -0.3 is 10.1 Å². The highest BCUT2D eigenvalue weighted by Gasteiger charge is 2.26. The lowest BCUT2D eigenvalue weighted by Gasteiger charge is -2.22. The summed E-state index contributed by atoms with van der Waals surface area (Å²) in [5.74, 6) is -1.80. The molecule has 0 aliphatic heterocycles. The molecule has 0 aliphatic rings. The van der Waals surface area contributed by atoms with E-state index in [-0.39, 0.29) is 18.3 Å². The molecule has 3 N–H and O–H groups in total. The molecule has 3 amide bonds. The zero-order valence-electron chi connectivity index (χ0n) is 18.5. The van der Waals surface area contributed by atoms with Crippen molar-refractivity contribution >= 4 is 35.3 Å². The molecular weight excluding hydrogens is 446 g/mol. The number of alkyl carbamates (subject to hydrolysis) is 1. The van der Waals surface area contributed by atoms with Gasteiger partial charge in [-0.1, -0.05) is 60.7 Å². The molecule has 0 radical (unpaired) electrons. The van der Waals surface area contributed by atoms with Crippen LogP contribution in [0.1, 0.15) is 25.0 Å². The van der Waals surface area contributed by atoms with Crippen molar-refractivity contribution in [3.63, 3.8) is 0 Å². The van der Waals surface area contributed by atoms with Gasteiger partial charge in [-0.2, -0.15) is 0 Å². The smallest absolute Gasteiger partial charge is 0.408 e. The highest BCUT2D eigenvalue weighted by atomic mass is 35.5. The molecule has 2 rings (SSSR count). The lowest BCUT2D eigenvalue weighted by Crippen LogP contribution is -2.54. The maximum absolute atomic E-state index is 12.5. The standard InChI is InChI=1S/C24H28ClN3O5/c1-16(26-20(21(29)14-25)13-18-9-5-3-6-10-18)22(30)28-23(31)17(2)27-24(32)33-15-19-11-7-4-8-12-19/h3-12,16-17,20,26H,13-15H2,1-2H3,(H,27,32)(H,28,30,31)/t16-,17-,20-/m0/s1. The third kappa shape index (κ3) is 9.03. The summed E-state index contributed by atoms with van der Waals surface area (Å²) < 4.78 is 5.07. The number of nitrogens with one attached hydrogen (secondary N) is 3. The molecule has 0 saturated carbocycles. The van der Waals surface area contributed by atoms with Crippen LogP contribution in [-0.2, 0) is 32.1 Å². The molecule has 3 atom stereocenters. The lowest BCUT2D eigenvalue weighted by atomic mass is 10.0. The number of hydrogen-bond donors (Lipinski definition) is 3. The highest BCUT2D eigenvalue weighted by molar-refractivity contribution is 6.28. The molecule has 8 nitrogen and oxygen atoms in total. The lowest BCUT2D eigenvalue weighted by molar-refractivity contribution is -0.132. The molecular formula is C24H28ClN3O5. The van der Waals surface area contributed by atoms with Crippen molar-refractivity contribution in [3.05, 3.63) is 71.8 Å². The van der Waals surface area contributed by atoms with Gasteiger partial charge in [0, 0.05) is 0 Å². The van der Waals surface area contributed by atoms with Gasteiger partial charge in [0.05, 0.1) is 18.0 Å². The predicted octanol–water partition coefficient (Wildman–Crippen LogP) is 2.34. The van der Waals surface area contributed by atoms with Gasteiger partial charge >= 0.3 is 6.09 Å². The molecule has 0 heterocycles. The van der Waals surface area contributed by atoms with E-state index < -0.39 is 36.0 Å². The molecule has 33 heavy (non-hydrogen) atoms. The van der Waals surface area contributed by atoms with Gasteiger partial charge in [-0.05, 0) is 31.4 Å².